The first kappa shape index (κ1) is 19.0. The van der Waals surface area contributed by atoms with Crippen LogP contribution in [0.25, 0.3) is 0 Å². The van der Waals surface area contributed by atoms with Crippen LogP contribution in [0.3, 0.4) is 0 Å². The number of carbonyl (C=O) groups is 2. The second-order valence-electron chi connectivity index (χ2n) is 4.56. The molecule has 128 valence electrons. The van der Waals surface area contributed by atoms with E-state index in [0.29, 0.717) is 6.07 Å². The second kappa shape index (κ2) is 9.14. The summed E-state index contributed by atoms with van der Waals surface area (Å²) in [6.07, 6.45) is -0.103. The third kappa shape index (κ3) is 5.24. The van der Waals surface area contributed by atoms with Gasteiger partial charge >= 0.3 is 5.97 Å². The molecule has 0 saturated heterocycles. The molecule has 8 heteroatoms. The van der Waals surface area contributed by atoms with E-state index in [0.717, 1.165) is 11.0 Å². The Morgan fingerprint density at radius 3 is 2.43 bits per heavy atom. The maximum absolute atomic E-state index is 13.7. The van der Waals surface area contributed by atoms with Gasteiger partial charge in [-0.05, 0) is 19.1 Å². The highest BCUT2D eigenvalue weighted by atomic mass is 19.2. The first-order valence-electron chi connectivity index (χ1n) is 6.99. The lowest BCUT2D eigenvalue weighted by atomic mass is 10.1. The van der Waals surface area contributed by atoms with E-state index < -0.39 is 34.9 Å². The lowest BCUT2D eigenvalue weighted by Gasteiger charge is -2.22. The van der Waals surface area contributed by atoms with Crippen molar-refractivity contribution in [2.45, 2.75) is 13.3 Å². The molecule has 1 rings (SSSR count). The number of benzene rings is 1. The average molecular weight is 333 g/mol. The number of methoxy groups -OCH3 is 1. The summed E-state index contributed by atoms with van der Waals surface area (Å²) in [5.41, 5.74) is -0.608. The van der Waals surface area contributed by atoms with Crippen LogP contribution in [0, 0.1) is 17.5 Å². The molecular weight excluding hydrogens is 315 g/mol. The van der Waals surface area contributed by atoms with Crippen LogP contribution in [0.4, 0.5) is 13.2 Å². The topological polar surface area (TPSA) is 55.8 Å². The summed E-state index contributed by atoms with van der Waals surface area (Å²) in [7, 11) is 1.41. The summed E-state index contributed by atoms with van der Waals surface area (Å²) in [5, 5.41) is 0. The van der Waals surface area contributed by atoms with Crippen molar-refractivity contribution in [1.29, 1.82) is 0 Å². The van der Waals surface area contributed by atoms with Crippen molar-refractivity contribution in [3.05, 3.63) is 35.1 Å². The Hall–Kier alpha value is -2.09. The number of esters is 1. The highest BCUT2D eigenvalue weighted by molar-refractivity contribution is 5.94. The molecule has 0 fully saturated rings. The minimum atomic E-state index is -1.71. The van der Waals surface area contributed by atoms with Gasteiger partial charge in [0, 0.05) is 20.2 Å². The maximum atomic E-state index is 13.7. The highest BCUT2D eigenvalue weighted by Gasteiger charge is 2.23. The minimum absolute atomic E-state index is 0.0561. The maximum Gasteiger partial charge on any atom is 0.307 e. The molecule has 0 saturated carbocycles. The molecule has 0 atom stereocenters. The van der Waals surface area contributed by atoms with Crippen LogP contribution in [0.2, 0.25) is 0 Å². The molecule has 0 radical (unpaired) electrons. The standard InChI is InChI=1S/C15H18F3NO4/c1-3-23-12(20)6-7-19(8-9-22-2)15(21)10-4-5-11(16)14(18)13(10)17/h4-5H,3,6-9H2,1-2H3. The molecule has 23 heavy (non-hydrogen) atoms. The molecule has 0 aromatic heterocycles. The van der Waals surface area contributed by atoms with E-state index in [1.54, 1.807) is 6.92 Å². The molecule has 0 aliphatic carbocycles. The van der Waals surface area contributed by atoms with Gasteiger partial charge in [-0.1, -0.05) is 0 Å². The van der Waals surface area contributed by atoms with Crippen molar-refractivity contribution in [2.24, 2.45) is 0 Å². The summed E-state index contributed by atoms with van der Waals surface area (Å²) < 4.78 is 49.5. The normalized spacial score (nSPS) is 10.5. The van der Waals surface area contributed by atoms with Gasteiger partial charge in [-0.2, -0.15) is 0 Å². The molecule has 1 aromatic carbocycles. The Bertz CT molecular complexity index is 566. The van der Waals surface area contributed by atoms with Crippen LogP contribution >= 0.6 is 0 Å². The fourth-order valence-electron chi connectivity index (χ4n) is 1.84. The van der Waals surface area contributed by atoms with Gasteiger partial charge in [0.05, 0.1) is 25.2 Å². The summed E-state index contributed by atoms with van der Waals surface area (Å²) in [5.74, 6) is -6.04. The number of rotatable bonds is 8. The molecule has 1 aromatic rings. The van der Waals surface area contributed by atoms with Crippen LogP contribution < -0.4 is 0 Å². The SMILES string of the molecule is CCOC(=O)CCN(CCOC)C(=O)c1ccc(F)c(F)c1F. The highest BCUT2D eigenvalue weighted by Crippen LogP contribution is 2.17. The molecule has 0 unspecified atom stereocenters. The van der Waals surface area contributed by atoms with E-state index in [4.69, 9.17) is 9.47 Å². The first-order chi connectivity index (χ1) is 10.9. The van der Waals surface area contributed by atoms with E-state index in [1.807, 2.05) is 0 Å². The number of hydrogen-bond acceptors (Lipinski definition) is 4. The van der Waals surface area contributed by atoms with Crippen molar-refractivity contribution >= 4 is 11.9 Å². The Labute approximate surface area is 132 Å². The minimum Gasteiger partial charge on any atom is -0.466 e. The van der Waals surface area contributed by atoms with Gasteiger partial charge in [-0.25, -0.2) is 13.2 Å². The molecule has 0 aliphatic rings. The van der Waals surface area contributed by atoms with Crippen LogP contribution in [-0.4, -0.2) is 50.2 Å². The largest absolute Gasteiger partial charge is 0.466 e. The van der Waals surface area contributed by atoms with Gasteiger partial charge in [0.25, 0.3) is 5.91 Å². The quantitative estimate of drug-likeness (QED) is 0.540. The predicted octanol–water partition coefficient (Wildman–Crippen LogP) is 2.15. The van der Waals surface area contributed by atoms with Gasteiger partial charge in [0.2, 0.25) is 0 Å². The van der Waals surface area contributed by atoms with E-state index in [-0.39, 0.29) is 32.7 Å². The number of hydrogen-bond donors (Lipinski definition) is 0. The molecule has 0 spiro atoms. The van der Waals surface area contributed by atoms with E-state index in [2.05, 4.69) is 0 Å². The number of amides is 1. The molecule has 0 heterocycles. The van der Waals surface area contributed by atoms with Crippen molar-refractivity contribution in [1.82, 2.24) is 4.90 Å². The Balaban J connectivity index is 2.91. The number of carbonyl (C=O) groups excluding carboxylic acids is 2. The smallest absolute Gasteiger partial charge is 0.307 e. The summed E-state index contributed by atoms with van der Waals surface area (Å²) in [6.45, 7) is 1.98. The lowest BCUT2D eigenvalue weighted by Crippen LogP contribution is -2.36. The van der Waals surface area contributed by atoms with Crippen LogP contribution in [-0.2, 0) is 14.3 Å². The monoisotopic (exact) mass is 333 g/mol. The van der Waals surface area contributed by atoms with Crippen molar-refractivity contribution in [2.75, 3.05) is 33.4 Å². The van der Waals surface area contributed by atoms with E-state index in [9.17, 15) is 22.8 Å². The molecule has 1 amide bonds. The van der Waals surface area contributed by atoms with Crippen molar-refractivity contribution in [3.63, 3.8) is 0 Å². The van der Waals surface area contributed by atoms with Gasteiger partial charge in [-0.15, -0.1) is 0 Å². The Morgan fingerprint density at radius 2 is 1.83 bits per heavy atom. The summed E-state index contributed by atoms with van der Waals surface area (Å²) in [6, 6.07) is 1.53. The third-order valence-corrected chi connectivity index (χ3v) is 3.01. The fourth-order valence-corrected chi connectivity index (χ4v) is 1.84. The van der Waals surface area contributed by atoms with Gasteiger partial charge in [0.15, 0.2) is 17.5 Å². The zero-order valence-electron chi connectivity index (χ0n) is 12.9. The van der Waals surface area contributed by atoms with E-state index >= 15 is 0 Å². The predicted molar refractivity (Wildman–Crippen MR) is 75.3 cm³/mol. The van der Waals surface area contributed by atoms with Gasteiger partial charge in [-0.3, -0.25) is 9.59 Å². The van der Waals surface area contributed by atoms with Crippen molar-refractivity contribution in [3.8, 4) is 0 Å². The number of halogens is 3. The van der Waals surface area contributed by atoms with Gasteiger partial charge in [0.1, 0.15) is 0 Å². The second-order valence-corrected chi connectivity index (χ2v) is 4.56. The number of ether oxygens (including phenoxy) is 2. The first-order valence-corrected chi connectivity index (χ1v) is 6.99. The molecule has 0 bridgehead atoms. The fraction of sp³-hybridized carbons (Fsp3) is 0.467. The number of nitrogens with zero attached hydrogens (tertiary/aromatic N) is 1. The lowest BCUT2D eigenvalue weighted by molar-refractivity contribution is -0.143. The molecular formula is C15H18F3NO4. The van der Waals surface area contributed by atoms with Gasteiger partial charge < -0.3 is 14.4 Å². The van der Waals surface area contributed by atoms with Crippen molar-refractivity contribution < 1.29 is 32.2 Å². The Morgan fingerprint density at radius 1 is 1.13 bits per heavy atom. The molecule has 5 nitrogen and oxygen atoms in total. The zero-order chi connectivity index (χ0) is 17.4. The summed E-state index contributed by atoms with van der Waals surface area (Å²) >= 11 is 0. The zero-order valence-corrected chi connectivity index (χ0v) is 12.9. The molecule has 0 aliphatic heterocycles. The molecule has 0 N–H and O–H groups in total. The van der Waals surface area contributed by atoms with E-state index in [1.165, 1.54) is 7.11 Å². The third-order valence-electron chi connectivity index (χ3n) is 3.01. The van der Waals surface area contributed by atoms with Crippen LogP contribution in [0.15, 0.2) is 12.1 Å². The Kier molecular flexibility index (Phi) is 7.53. The van der Waals surface area contributed by atoms with Crippen LogP contribution in [0.1, 0.15) is 23.7 Å². The average Bonchev–Trinajstić information content (AvgIpc) is 2.52. The summed E-state index contributed by atoms with van der Waals surface area (Å²) in [4.78, 5) is 24.8. The van der Waals surface area contributed by atoms with Crippen LogP contribution in [0.5, 0.6) is 0 Å².